The van der Waals surface area contributed by atoms with E-state index < -0.39 is 0 Å². The summed E-state index contributed by atoms with van der Waals surface area (Å²) >= 11 is 0. The Bertz CT molecular complexity index is 660. The molecule has 0 aliphatic heterocycles. The quantitative estimate of drug-likeness (QED) is 0.584. The first-order valence-corrected chi connectivity index (χ1v) is 7.42. The summed E-state index contributed by atoms with van der Waals surface area (Å²) in [5.74, 6) is -0.406. The fraction of sp³-hybridized carbons (Fsp3) is 0.333. The third-order valence-electron chi connectivity index (χ3n) is 3.94. The average molecular weight is 286 g/mol. The zero-order valence-corrected chi connectivity index (χ0v) is 12.8. The summed E-state index contributed by atoms with van der Waals surface area (Å²) in [5, 5.41) is 30.5. The lowest BCUT2D eigenvalue weighted by Crippen LogP contribution is -1.94. The van der Waals surface area contributed by atoms with Crippen molar-refractivity contribution in [1.29, 1.82) is 0 Å². The van der Waals surface area contributed by atoms with Crippen LogP contribution in [0, 0.1) is 0 Å². The Morgan fingerprint density at radius 1 is 0.762 bits per heavy atom. The first-order chi connectivity index (χ1) is 10.0. The molecular formula is C18H22O3. The Morgan fingerprint density at radius 3 is 2.00 bits per heavy atom. The van der Waals surface area contributed by atoms with E-state index in [-0.39, 0.29) is 17.2 Å². The van der Waals surface area contributed by atoms with E-state index in [9.17, 15) is 15.3 Å². The second-order valence-corrected chi connectivity index (χ2v) is 5.18. The maximum atomic E-state index is 10.4. The van der Waals surface area contributed by atoms with Crippen molar-refractivity contribution in [2.75, 3.05) is 0 Å². The number of aromatic hydroxyl groups is 3. The van der Waals surface area contributed by atoms with E-state index >= 15 is 0 Å². The monoisotopic (exact) mass is 286 g/mol. The molecule has 0 aliphatic rings. The molecule has 21 heavy (non-hydrogen) atoms. The van der Waals surface area contributed by atoms with Crippen LogP contribution in [0.25, 0.3) is 11.1 Å². The molecule has 0 heterocycles. The predicted octanol–water partition coefficient (Wildman–Crippen LogP) is 4.16. The summed E-state index contributed by atoms with van der Waals surface area (Å²) in [6.07, 6.45) is 2.31. The molecular weight excluding hydrogens is 264 g/mol. The predicted molar refractivity (Wildman–Crippen MR) is 85.0 cm³/mol. The molecule has 0 saturated carbocycles. The fourth-order valence-electron chi connectivity index (χ4n) is 2.63. The van der Waals surface area contributed by atoms with E-state index in [1.807, 2.05) is 26.0 Å². The molecule has 112 valence electrons. The summed E-state index contributed by atoms with van der Waals surface area (Å²) in [6.45, 7) is 6.03. The van der Waals surface area contributed by atoms with Crippen molar-refractivity contribution in [3.63, 3.8) is 0 Å². The van der Waals surface area contributed by atoms with Gasteiger partial charge in [-0.1, -0.05) is 39.0 Å². The zero-order valence-electron chi connectivity index (χ0n) is 12.8. The van der Waals surface area contributed by atoms with Crippen molar-refractivity contribution in [3.8, 4) is 28.4 Å². The average Bonchev–Trinajstić information content (AvgIpc) is 2.51. The first kappa shape index (κ1) is 15.2. The third-order valence-corrected chi connectivity index (χ3v) is 3.94. The van der Waals surface area contributed by atoms with E-state index in [0.29, 0.717) is 17.5 Å². The summed E-state index contributed by atoms with van der Waals surface area (Å²) in [7, 11) is 0. The van der Waals surface area contributed by atoms with Crippen LogP contribution in [0.4, 0.5) is 0 Å². The van der Waals surface area contributed by atoms with E-state index in [1.54, 1.807) is 0 Å². The van der Waals surface area contributed by atoms with Gasteiger partial charge in [0.05, 0.1) is 5.56 Å². The van der Waals surface area contributed by atoms with Crippen molar-refractivity contribution < 1.29 is 15.3 Å². The van der Waals surface area contributed by atoms with Crippen LogP contribution in [0.3, 0.4) is 0 Å². The number of hydrogen-bond acceptors (Lipinski definition) is 3. The fourth-order valence-corrected chi connectivity index (χ4v) is 2.63. The highest BCUT2D eigenvalue weighted by Crippen LogP contribution is 2.46. The Hall–Kier alpha value is -2.16. The van der Waals surface area contributed by atoms with Crippen molar-refractivity contribution in [2.45, 2.75) is 40.0 Å². The molecule has 0 saturated heterocycles. The molecule has 2 aromatic carbocycles. The maximum absolute atomic E-state index is 10.4. The third kappa shape index (κ3) is 2.68. The molecule has 0 bridgehead atoms. The molecule has 0 radical (unpaired) electrons. The highest BCUT2D eigenvalue weighted by atomic mass is 16.3. The van der Waals surface area contributed by atoms with Crippen LogP contribution in [0.15, 0.2) is 24.3 Å². The minimum Gasteiger partial charge on any atom is -0.507 e. The first-order valence-electron chi connectivity index (χ1n) is 7.42. The lowest BCUT2D eigenvalue weighted by Gasteiger charge is -2.16. The molecule has 2 rings (SSSR count). The zero-order chi connectivity index (χ0) is 15.6. The van der Waals surface area contributed by atoms with Crippen molar-refractivity contribution in [3.05, 3.63) is 41.0 Å². The summed E-state index contributed by atoms with van der Waals surface area (Å²) < 4.78 is 0. The number of benzene rings is 2. The minimum atomic E-state index is -0.261. The van der Waals surface area contributed by atoms with Gasteiger partial charge in [-0.15, -0.1) is 0 Å². The summed E-state index contributed by atoms with van der Waals surface area (Å²) in [4.78, 5) is 0. The molecule has 3 nitrogen and oxygen atoms in total. The second kappa shape index (κ2) is 6.08. The van der Waals surface area contributed by atoms with Gasteiger partial charge in [-0.2, -0.15) is 0 Å². The molecule has 3 heteroatoms. The lowest BCUT2D eigenvalue weighted by molar-refractivity contribution is 0.397. The van der Waals surface area contributed by atoms with Crippen LogP contribution >= 0.6 is 0 Å². The Morgan fingerprint density at radius 2 is 1.43 bits per heavy atom. The van der Waals surface area contributed by atoms with Crippen LogP contribution in [0.1, 0.15) is 37.5 Å². The Balaban J connectivity index is 2.75. The number of hydrogen-bond donors (Lipinski definition) is 3. The normalized spacial score (nSPS) is 10.8. The summed E-state index contributed by atoms with van der Waals surface area (Å²) in [5.41, 5.74) is 3.99. The molecule has 0 aliphatic carbocycles. The van der Waals surface area contributed by atoms with Crippen LogP contribution in [0.2, 0.25) is 0 Å². The maximum Gasteiger partial charge on any atom is 0.169 e. The molecule has 2 aromatic rings. The number of aryl methyl sites for hydroxylation is 3. The van der Waals surface area contributed by atoms with Gasteiger partial charge in [-0.05, 0) is 47.6 Å². The second-order valence-electron chi connectivity index (χ2n) is 5.18. The number of phenolic OH excluding ortho intramolecular Hbond substituents is 3. The molecule has 0 fully saturated rings. The van der Waals surface area contributed by atoms with Crippen molar-refractivity contribution in [2.24, 2.45) is 0 Å². The number of rotatable bonds is 4. The Labute approximate surface area is 125 Å². The van der Waals surface area contributed by atoms with Crippen molar-refractivity contribution >= 4 is 0 Å². The standard InChI is InChI=1S/C18H22O3/c1-4-11-7-8-14(12(5-2)9-11)16-17(20)13(6-3)10-15(19)18(16)21/h7-10,19-21H,4-6H2,1-3H3. The van der Waals surface area contributed by atoms with Crippen LogP contribution in [0.5, 0.6) is 17.2 Å². The van der Waals surface area contributed by atoms with E-state index in [1.165, 1.54) is 11.6 Å². The van der Waals surface area contributed by atoms with Gasteiger partial charge in [0, 0.05) is 0 Å². The van der Waals surface area contributed by atoms with Crippen molar-refractivity contribution in [1.82, 2.24) is 0 Å². The van der Waals surface area contributed by atoms with Crippen LogP contribution < -0.4 is 0 Å². The minimum absolute atomic E-state index is 0.0479. The van der Waals surface area contributed by atoms with Crippen LogP contribution in [-0.4, -0.2) is 15.3 Å². The SMILES string of the molecule is CCc1ccc(-c2c(O)c(O)cc(CC)c2O)c(CC)c1. The van der Waals surface area contributed by atoms with E-state index in [4.69, 9.17) is 0 Å². The molecule has 3 N–H and O–H groups in total. The van der Waals surface area contributed by atoms with E-state index in [2.05, 4.69) is 13.0 Å². The van der Waals surface area contributed by atoms with Crippen LogP contribution in [-0.2, 0) is 19.3 Å². The number of phenols is 3. The molecule has 0 aromatic heterocycles. The molecule has 0 unspecified atom stereocenters. The van der Waals surface area contributed by atoms with Gasteiger partial charge >= 0.3 is 0 Å². The topological polar surface area (TPSA) is 60.7 Å². The Kier molecular flexibility index (Phi) is 4.41. The highest BCUT2D eigenvalue weighted by molar-refractivity contribution is 5.82. The largest absolute Gasteiger partial charge is 0.507 e. The van der Waals surface area contributed by atoms with Gasteiger partial charge in [0.15, 0.2) is 11.5 Å². The smallest absolute Gasteiger partial charge is 0.169 e. The van der Waals surface area contributed by atoms with Gasteiger partial charge in [0.25, 0.3) is 0 Å². The highest BCUT2D eigenvalue weighted by Gasteiger charge is 2.19. The van der Waals surface area contributed by atoms with Gasteiger partial charge in [0.2, 0.25) is 0 Å². The molecule has 0 spiro atoms. The molecule has 0 atom stereocenters. The van der Waals surface area contributed by atoms with Gasteiger partial charge in [0.1, 0.15) is 5.75 Å². The van der Waals surface area contributed by atoms with E-state index in [0.717, 1.165) is 24.0 Å². The molecule has 0 amide bonds. The van der Waals surface area contributed by atoms with Gasteiger partial charge < -0.3 is 15.3 Å². The lowest BCUT2D eigenvalue weighted by atomic mass is 9.92. The van der Waals surface area contributed by atoms with Gasteiger partial charge in [-0.25, -0.2) is 0 Å². The van der Waals surface area contributed by atoms with Gasteiger partial charge in [-0.3, -0.25) is 0 Å². The summed E-state index contributed by atoms with van der Waals surface area (Å²) in [6, 6.07) is 7.40.